The van der Waals surface area contributed by atoms with Crippen LogP contribution >= 0.6 is 11.6 Å². The number of aromatic nitrogens is 1. The molecule has 0 amide bonds. The van der Waals surface area contributed by atoms with Crippen molar-refractivity contribution in [2.45, 2.75) is 4.90 Å². The summed E-state index contributed by atoms with van der Waals surface area (Å²) >= 11 is 5.85. The Morgan fingerprint density at radius 1 is 1.33 bits per heavy atom. The Labute approximate surface area is 127 Å². The van der Waals surface area contributed by atoms with E-state index in [1.165, 1.54) is 25.3 Å². The van der Waals surface area contributed by atoms with Gasteiger partial charge in [0.15, 0.2) is 0 Å². The van der Waals surface area contributed by atoms with Crippen molar-refractivity contribution >= 4 is 27.3 Å². The molecule has 1 N–H and O–H groups in total. The van der Waals surface area contributed by atoms with Gasteiger partial charge in [0.05, 0.1) is 12.8 Å². The lowest BCUT2D eigenvalue weighted by Gasteiger charge is -2.12. The van der Waals surface area contributed by atoms with Crippen molar-refractivity contribution in [3.63, 3.8) is 0 Å². The van der Waals surface area contributed by atoms with Crippen molar-refractivity contribution in [1.29, 1.82) is 5.26 Å². The molecule has 0 atom stereocenters. The lowest BCUT2D eigenvalue weighted by Crippen LogP contribution is -2.14. The minimum absolute atomic E-state index is 0.0662. The van der Waals surface area contributed by atoms with Gasteiger partial charge in [0, 0.05) is 11.2 Å². The van der Waals surface area contributed by atoms with Crippen LogP contribution in [0.5, 0.6) is 5.75 Å². The number of nitrogens with one attached hydrogen (secondary N) is 1. The summed E-state index contributed by atoms with van der Waals surface area (Å²) < 4.78 is 31.9. The van der Waals surface area contributed by atoms with Gasteiger partial charge in [-0.1, -0.05) is 11.6 Å². The second-order valence-corrected chi connectivity index (χ2v) is 6.06. The number of hydrogen-bond acceptors (Lipinski definition) is 5. The first-order chi connectivity index (χ1) is 9.96. The van der Waals surface area contributed by atoms with Gasteiger partial charge in [-0.2, -0.15) is 5.26 Å². The Bertz CT molecular complexity index is 798. The SMILES string of the molecule is COc1ccc(Cl)cc1NS(=O)(=O)c1ccc(C#N)nc1. The van der Waals surface area contributed by atoms with Gasteiger partial charge < -0.3 is 4.74 Å². The summed E-state index contributed by atoms with van der Waals surface area (Å²) in [5.41, 5.74) is 0.351. The number of hydrogen-bond donors (Lipinski definition) is 1. The van der Waals surface area contributed by atoms with Crippen molar-refractivity contribution in [2.75, 3.05) is 11.8 Å². The predicted octanol–water partition coefficient (Wildman–Crippen LogP) is 2.42. The molecule has 0 saturated carbocycles. The Balaban J connectivity index is 2.37. The number of ether oxygens (including phenoxy) is 1. The number of sulfonamides is 1. The van der Waals surface area contributed by atoms with E-state index >= 15 is 0 Å². The molecule has 0 bridgehead atoms. The molecule has 1 aromatic heterocycles. The second-order valence-electron chi connectivity index (χ2n) is 3.94. The van der Waals surface area contributed by atoms with E-state index in [0.717, 1.165) is 6.20 Å². The molecule has 2 aromatic rings. The lowest BCUT2D eigenvalue weighted by atomic mass is 10.3. The van der Waals surface area contributed by atoms with Gasteiger partial charge in [-0.3, -0.25) is 4.72 Å². The highest BCUT2D eigenvalue weighted by Crippen LogP contribution is 2.29. The van der Waals surface area contributed by atoms with E-state index in [1.54, 1.807) is 12.1 Å². The molecular weight excluding hydrogens is 314 g/mol. The Morgan fingerprint density at radius 2 is 2.10 bits per heavy atom. The summed E-state index contributed by atoms with van der Waals surface area (Å²) in [4.78, 5) is 3.66. The maximum atomic E-state index is 12.2. The molecular formula is C13H10ClN3O3S. The third kappa shape index (κ3) is 3.42. The average molecular weight is 324 g/mol. The first-order valence-electron chi connectivity index (χ1n) is 5.69. The number of pyridine rings is 1. The highest BCUT2D eigenvalue weighted by atomic mass is 35.5. The van der Waals surface area contributed by atoms with Crippen LogP contribution in [-0.2, 0) is 10.0 Å². The number of anilines is 1. The standard InChI is InChI=1S/C13H10ClN3O3S/c1-20-13-5-2-9(14)6-12(13)17-21(18,19)11-4-3-10(7-15)16-8-11/h2-6,8,17H,1H3. The molecule has 1 aromatic carbocycles. The minimum atomic E-state index is -3.85. The van der Waals surface area contributed by atoms with Gasteiger partial charge in [0.1, 0.15) is 22.4 Å². The maximum Gasteiger partial charge on any atom is 0.263 e. The molecule has 0 unspecified atom stereocenters. The number of nitrogens with zero attached hydrogens (tertiary/aromatic N) is 2. The predicted molar refractivity (Wildman–Crippen MR) is 77.8 cm³/mol. The number of benzene rings is 1. The quantitative estimate of drug-likeness (QED) is 0.932. The average Bonchev–Trinajstić information content (AvgIpc) is 2.47. The fraction of sp³-hybridized carbons (Fsp3) is 0.0769. The molecule has 1 heterocycles. The molecule has 0 spiro atoms. The monoisotopic (exact) mass is 323 g/mol. The zero-order chi connectivity index (χ0) is 15.5. The van der Waals surface area contributed by atoms with Crippen molar-refractivity contribution in [3.05, 3.63) is 47.2 Å². The molecule has 0 aliphatic rings. The van der Waals surface area contributed by atoms with Crippen molar-refractivity contribution in [2.24, 2.45) is 0 Å². The fourth-order valence-corrected chi connectivity index (χ4v) is 2.75. The van der Waals surface area contributed by atoms with E-state index in [0.29, 0.717) is 10.8 Å². The van der Waals surface area contributed by atoms with Gasteiger partial charge in [0.25, 0.3) is 10.0 Å². The highest BCUT2D eigenvalue weighted by Gasteiger charge is 2.17. The zero-order valence-electron chi connectivity index (χ0n) is 10.9. The largest absolute Gasteiger partial charge is 0.495 e. The molecule has 108 valence electrons. The van der Waals surface area contributed by atoms with Crippen molar-refractivity contribution < 1.29 is 13.2 Å². The van der Waals surface area contributed by atoms with E-state index < -0.39 is 10.0 Å². The van der Waals surface area contributed by atoms with E-state index in [-0.39, 0.29) is 16.3 Å². The van der Waals surface area contributed by atoms with Crippen LogP contribution in [0.1, 0.15) is 5.69 Å². The number of halogens is 1. The van der Waals surface area contributed by atoms with E-state index in [1.807, 2.05) is 6.07 Å². The van der Waals surface area contributed by atoms with Crippen LogP contribution in [0.3, 0.4) is 0 Å². The maximum absolute atomic E-state index is 12.2. The van der Waals surface area contributed by atoms with Gasteiger partial charge in [-0.05, 0) is 30.3 Å². The molecule has 2 rings (SSSR count). The molecule has 0 fully saturated rings. The summed E-state index contributed by atoms with van der Waals surface area (Å²) in [6.45, 7) is 0. The summed E-state index contributed by atoms with van der Waals surface area (Å²) in [5.74, 6) is 0.338. The molecule has 21 heavy (non-hydrogen) atoms. The van der Waals surface area contributed by atoms with Crippen LogP contribution in [0, 0.1) is 11.3 Å². The normalized spacial score (nSPS) is 10.7. The molecule has 8 heteroatoms. The van der Waals surface area contributed by atoms with E-state index in [9.17, 15) is 8.42 Å². The van der Waals surface area contributed by atoms with Crippen LogP contribution < -0.4 is 9.46 Å². The van der Waals surface area contributed by atoms with Crippen LogP contribution in [0.4, 0.5) is 5.69 Å². The van der Waals surface area contributed by atoms with E-state index in [4.69, 9.17) is 21.6 Å². The smallest absolute Gasteiger partial charge is 0.263 e. The zero-order valence-corrected chi connectivity index (χ0v) is 12.4. The highest BCUT2D eigenvalue weighted by molar-refractivity contribution is 7.92. The third-order valence-corrected chi connectivity index (χ3v) is 4.15. The minimum Gasteiger partial charge on any atom is -0.495 e. The van der Waals surface area contributed by atoms with Crippen LogP contribution in [0.2, 0.25) is 5.02 Å². The lowest BCUT2D eigenvalue weighted by molar-refractivity contribution is 0.417. The molecule has 0 radical (unpaired) electrons. The van der Waals surface area contributed by atoms with Crippen LogP contribution in [0.25, 0.3) is 0 Å². The molecule has 6 nitrogen and oxygen atoms in total. The second kappa shape index (κ2) is 5.99. The van der Waals surface area contributed by atoms with Crippen LogP contribution in [-0.4, -0.2) is 20.5 Å². The Hall–Kier alpha value is -2.30. The molecule has 0 saturated heterocycles. The first kappa shape index (κ1) is 15.1. The Morgan fingerprint density at radius 3 is 2.67 bits per heavy atom. The van der Waals surface area contributed by atoms with Crippen molar-refractivity contribution in [1.82, 2.24) is 4.98 Å². The number of methoxy groups -OCH3 is 1. The van der Waals surface area contributed by atoms with Crippen molar-refractivity contribution in [3.8, 4) is 11.8 Å². The summed E-state index contributed by atoms with van der Waals surface area (Å²) in [7, 11) is -2.43. The summed E-state index contributed by atoms with van der Waals surface area (Å²) in [6, 6.07) is 9.01. The first-order valence-corrected chi connectivity index (χ1v) is 7.55. The number of rotatable bonds is 4. The fourth-order valence-electron chi connectivity index (χ4n) is 1.57. The molecule has 0 aliphatic carbocycles. The van der Waals surface area contributed by atoms with Crippen LogP contribution in [0.15, 0.2) is 41.4 Å². The van der Waals surface area contributed by atoms with E-state index in [2.05, 4.69) is 9.71 Å². The number of nitriles is 1. The summed E-state index contributed by atoms with van der Waals surface area (Å²) in [5, 5.41) is 9.02. The topological polar surface area (TPSA) is 92.1 Å². The molecule has 0 aliphatic heterocycles. The summed E-state index contributed by atoms with van der Waals surface area (Å²) in [6.07, 6.45) is 1.11. The van der Waals surface area contributed by atoms with Gasteiger partial charge >= 0.3 is 0 Å². The van der Waals surface area contributed by atoms with Gasteiger partial charge in [0.2, 0.25) is 0 Å². The van der Waals surface area contributed by atoms with Gasteiger partial charge in [-0.15, -0.1) is 0 Å². The van der Waals surface area contributed by atoms with Gasteiger partial charge in [-0.25, -0.2) is 13.4 Å². The Kier molecular flexibility index (Phi) is 4.31. The third-order valence-electron chi connectivity index (χ3n) is 2.57.